The molecule has 2 heterocycles. The third kappa shape index (κ3) is 6.37. The minimum atomic E-state index is -4.48. The summed E-state index contributed by atoms with van der Waals surface area (Å²) in [6.45, 7) is 0.431. The SMILES string of the molecule is Cl.FC(F)(F)c1cccc(C2CCCN(CC(Cc3nc4ccc(Cl)cc4o3)C(F)(F)F)C2)c1. The normalized spacial score (nSPS) is 18.6. The van der Waals surface area contributed by atoms with Crippen molar-refractivity contribution in [2.75, 3.05) is 19.6 Å². The summed E-state index contributed by atoms with van der Waals surface area (Å²) in [6.07, 6.45) is -8.15. The number of alkyl halides is 6. The van der Waals surface area contributed by atoms with Crippen LogP contribution in [0.5, 0.6) is 0 Å². The molecule has 0 radical (unpaired) electrons. The fourth-order valence-electron chi connectivity index (χ4n) is 4.30. The van der Waals surface area contributed by atoms with E-state index in [4.69, 9.17) is 16.0 Å². The lowest BCUT2D eigenvalue weighted by molar-refractivity contribution is -0.180. The number of oxazole rings is 1. The third-order valence-corrected chi connectivity index (χ3v) is 6.18. The summed E-state index contributed by atoms with van der Waals surface area (Å²) in [5.74, 6) is -2.01. The fourth-order valence-corrected chi connectivity index (χ4v) is 4.46. The van der Waals surface area contributed by atoms with Crippen LogP contribution in [-0.4, -0.2) is 35.7 Å². The summed E-state index contributed by atoms with van der Waals surface area (Å²) in [6, 6.07) is 9.70. The van der Waals surface area contributed by atoms with Gasteiger partial charge >= 0.3 is 12.4 Å². The Morgan fingerprint density at radius 2 is 1.85 bits per heavy atom. The van der Waals surface area contributed by atoms with E-state index in [0.717, 1.165) is 12.1 Å². The Morgan fingerprint density at radius 1 is 1.09 bits per heavy atom. The number of fused-ring (bicyclic) bond motifs is 1. The molecule has 1 saturated heterocycles. The molecule has 0 N–H and O–H groups in total. The maximum Gasteiger partial charge on any atom is 0.416 e. The molecule has 0 amide bonds. The van der Waals surface area contributed by atoms with E-state index >= 15 is 0 Å². The van der Waals surface area contributed by atoms with Gasteiger partial charge in [-0.15, -0.1) is 12.4 Å². The van der Waals surface area contributed by atoms with Crippen molar-refractivity contribution in [3.8, 4) is 0 Å². The molecule has 1 aliphatic heterocycles. The van der Waals surface area contributed by atoms with Crippen LogP contribution in [0.15, 0.2) is 46.9 Å². The number of aromatic nitrogens is 1. The van der Waals surface area contributed by atoms with Gasteiger partial charge in [-0.05, 0) is 49.1 Å². The maximum atomic E-state index is 13.8. The lowest BCUT2D eigenvalue weighted by Crippen LogP contribution is -2.42. The Hall–Kier alpha value is -1.97. The van der Waals surface area contributed by atoms with Crippen LogP contribution >= 0.6 is 24.0 Å². The molecule has 0 saturated carbocycles. The first kappa shape index (κ1) is 26.6. The number of halogens is 8. The molecule has 1 aliphatic rings. The Labute approximate surface area is 203 Å². The summed E-state index contributed by atoms with van der Waals surface area (Å²) in [5, 5.41) is 0.395. The van der Waals surface area contributed by atoms with Crippen molar-refractivity contribution in [2.24, 2.45) is 5.92 Å². The lowest BCUT2D eigenvalue weighted by atomic mass is 9.89. The van der Waals surface area contributed by atoms with E-state index in [1.165, 1.54) is 12.1 Å². The second-order valence-electron chi connectivity index (χ2n) is 8.38. The monoisotopic (exact) mass is 526 g/mol. The summed E-state index contributed by atoms with van der Waals surface area (Å²) in [5.41, 5.74) is 0.495. The van der Waals surface area contributed by atoms with Crippen molar-refractivity contribution in [1.29, 1.82) is 0 Å². The number of nitrogens with zero attached hydrogens (tertiary/aromatic N) is 2. The molecule has 11 heteroatoms. The highest BCUT2D eigenvalue weighted by atomic mass is 35.5. The average Bonchev–Trinajstić information content (AvgIpc) is 3.14. The molecule has 186 valence electrons. The van der Waals surface area contributed by atoms with Crippen LogP contribution in [0.4, 0.5) is 26.3 Å². The zero-order chi connectivity index (χ0) is 23.8. The number of benzene rings is 2. The van der Waals surface area contributed by atoms with Gasteiger partial charge in [0.25, 0.3) is 0 Å². The van der Waals surface area contributed by atoms with Crippen LogP contribution in [-0.2, 0) is 12.6 Å². The van der Waals surface area contributed by atoms with Gasteiger partial charge in [0, 0.05) is 30.6 Å². The molecule has 1 aromatic heterocycles. The van der Waals surface area contributed by atoms with Crippen molar-refractivity contribution < 1.29 is 30.8 Å². The van der Waals surface area contributed by atoms with Gasteiger partial charge in [-0.1, -0.05) is 29.8 Å². The van der Waals surface area contributed by atoms with Crippen molar-refractivity contribution in [3.63, 3.8) is 0 Å². The Kier molecular flexibility index (Phi) is 8.10. The topological polar surface area (TPSA) is 29.3 Å². The van der Waals surface area contributed by atoms with Crippen molar-refractivity contribution in [1.82, 2.24) is 9.88 Å². The Morgan fingerprint density at radius 3 is 2.56 bits per heavy atom. The second-order valence-corrected chi connectivity index (χ2v) is 8.82. The highest BCUT2D eigenvalue weighted by Crippen LogP contribution is 2.36. The summed E-state index contributed by atoms with van der Waals surface area (Å²) < 4.78 is 86.2. The Bertz CT molecular complexity index is 1110. The Balaban J connectivity index is 0.00000324. The quantitative estimate of drug-likeness (QED) is 0.322. The van der Waals surface area contributed by atoms with E-state index in [1.54, 1.807) is 23.1 Å². The highest BCUT2D eigenvalue weighted by Gasteiger charge is 2.42. The van der Waals surface area contributed by atoms with Gasteiger partial charge in [0.15, 0.2) is 11.5 Å². The average molecular weight is 527 g/mol. The first-order valence-corrected chi connectivity index (χ1v) is 10.9. The minimum absolute atomic E-state index is 0. The van der Waals surface area contributed by atoms with Crippen molar-refractivity contribution >= 4 is 35.1 Å². The molecule has 4 rings (SSSR count). The number of piperidine rings is 1. The van der Waals surface area contributed by atoms with Crippen LogP contribution in [0.2, 0.25) is 5.02 Å². The molecule has 2 atom stereocenters. The first-order chi connectivity index (χ1) is 15.5. The van der Waals surface area contributed by atoms with E-state index in [-0.39, 0.29) is 37.3 Å². The number of hydrogen-bond donors (Lipinski definition) is 0. The first-order valence-electron chi connectivity index (χ1n) is 10.5. The summed E-state index contributed by atoms with van der Waals surface area (Å²) in [7, 11) is 0. The summed E-state index contributed by atoms with van der Waals surface area (Å²) >= 11 is 5.90. The predicted molar refractivity (Wildman–Crippen MR) is 119 cm³/mol. The van der Waals surface area contributed by atoms with Gasteiger partial charge in [0.2, 0.25) is 0 Å². The van der Waals surface area contributed by atoms with Crippen LogP contribution in [0.25, 0.3) is 11.1 Å². The van der Waals surface area contributed by atoms with E-state index in [0.29, 0.717) is 41.1 Å². The van der Waals surface area contributed by atoms with Crippen LogP contribution in [0.1, 0.15) is 35.8 Å². The van der Waals surface area contributed by atoms with Crippen molar-refractivity contribution in [3.05, 3.63) is 64.5 Å². The molecule has 2 aromatic carbocycles. The van der Waals surface area contributed by atoms with Gasteiger partial charge in [0.1, 0.15) is 5.52 Å². The van der Waals surface area contributed by atoms with Crippen LogP contribution in [0.3, 0.4) is 0 Å². The lowest BCUT2D eigenvalue weighted by Gasteiger charge is -2.35. The van der Waals surface area contributed by atoms with Crippen molar-refractivity contribution in [2.45, 2.75) is 37.5 Å². The maximum absolute atomic E-state index is 13.8. The summed E-state index contributed by atoms with van der Waals surface area (Å²) in [4.78, 5) is 5.82. The number of hydrogen-bond acceptors (Lipinski definition) is 3. The smallest absolute Gasteiger partial charge is 0.416 e. The molecule has 2 unspecified atom stereocenters. The molecule has 1 fully saturated rings. The van der Waals surface area contributed by atoms with Crippen LogP contribution in [0, 0.1) is 5.92 Å². The van der Waals surface area contributed by atoms with Gasteiger partial charge in [0.05, 0.1) is 11.5 Å². The van der Waals surface area contributed by atoms with Gasteiger partial charge in [-0.3, -0.25) is 0 Å². The fraction of sp³-hybridized carbons (Fsp3) is 0.435. The third-order valence-electron chi connectivity index (χ3n) is 5.95. The number of rotatable bonds is 5. The molecule has 0 aliphatic carbocycles. The number of likely N-dealkylation sites (tertiary alicyclic amines) is 1. The molecule has 34 heavy (non-hydrogen) atoms. The minimum Gasteiger partial charge on any atom is -0.441 e. The molecular formula is C23H22Cl2F6N2O. The zero-order valence-corrected chi connectivity index (χ0v) is 19.4. The second kappa shape index (κ2) is 10.3. The molecule has 0 bridgehead atoms. The molecule has 3 nitrogen and oxygen atoms in total. The van der Waals surface area contributed by atoms with Crippen LogP contribution < -0.4 is 0 Å². The van der Waals surface area contributed by atoms with E-state index in [9.17, 15) is 26.3 Å². The van der Waals surface area contributed by atoms with E-state index < -0.39 is 30.3 Å². The van der Waals surface area contributed by atoms with E-state index in [2.05, 4.69) is 4.98 Å². The molecule has 0 spiro atoms. The molecular weight excluding hydrogens is 505 g/mol. The molecule has 3 aromatic rings. The van der Waals surface area contributed by atoms with Gasteiger partial charge in [-0.25, -0.2) is 4.98 Å². The highest BCUT2D eigenvalue weighted by molar-refractivity contribution is 6.31. The van der Waals surface area contributed by atoms with E-state index in [1.807, 2.05) is 0 Å². The van der Waals surface area contributed by atoms with Gasteiger partial charge < -0.3 is 9.32 Å². The standard InChI is InChI=1S/C23H21ClF6N2O.ClH/c24-18-6-7-19-20(11-18)33-21(31-19)10-17(23(28,29)30)13-32-8-2-4-15(12-32)14-3-1-5-16(9-14)22(25,26)27;/h1,3,5-7,9,11,15,17H,2,4,8,10,12-13H2;1H. The van der Waals surface area contributed by atoms with Gasteiger partial charge in [-0.2, -0.15) is 26.3 Å². The zero-order valence-electron chi connectivity index (χ0n) is 17.8. The largest absolute Gasteiger partial charge is 0.441 e. The predicted octanol–water partition coefficient (Wildman–Crippen LogP) is 7.52.